The minimum absolute atomic E-state index is 0.0127. The zero-order valence-electron chi connectivity index (χ0n) is 15.2. The van der Waals surface area contributed by atoms with E-state index in [9.17, 15) is 14.7 Å². The second kappa shape index (κ2) is 7.44. The molecule has 0 aliphatic rings. The quantitative estimate of drug-likeness (QED) is 0.541. The summed E-state index contributed by atoms with van der Waals surface area (Å²) in [4.78, 5) is 29.5. The van der Waals surface area contributed by atoms with Crippen LogP contribution >= 0.6 is 0 Å². The van der Waals surface area contributed by atoms with Gasteiger partial charge in [-0.05, 0) is 23.6 Å². The van der Waals surface area contributed by atoms with E-state index in [2.05, 4.69) is 4.98 Å². The molecule has 0 atom stereocenters. The second-order valence-electron chi connectivity index (χ2n) is 6.35. The summed E-state index contributed by atoms with van der Waals surface area (Å²) in [6.07, 6.45) is 0. The number of esters is 1. The molecule has 0 fully saturated rings. The minimum Gasteiger partial charge on any atom is -0.506 e. The molecule has 0 saturated carbocycles. The summed E-state index contributed by atoms with van der Waals surface area (Å²) < 4.78 is 6.48. The maximum Gasteiger partial charge on any atom is 0.342 e. The fraction of sp³-hybridized carbons (Fsp3) is 0.0909. The van der Waals surface area contributed by atoms with Gasteiger partial charge in [0.05, 0.1) is 17.0 Å². The van der Waals surface area contributed by atoms with Gasteiger partial charge >= 0.3 is 5.97 Å². The van der Waals surface area contributed by atoms with Gasteiger partial charge in [-0.15, -0.1) is 0 Å². The molecule has 1 heterocycles. The Hall–Kier alpha value is -4.18. The van der Waals surface area contributed by atoms with Gasteiger partial charge in [0.15, 0.2) is 5.82 Å². The number of aromatic hydroxyl groups is 1. The monoisotopic (exact) mass is 385 g/mol. The minimum atomic E-state index is -0.751. The maximum atomic E-state index is 12.6. The molecule has 142 valence electrons. The molecular formula is C22H15N3O4. The van der Waals surface area contributed by atoms with Crippen molar-refractivity contribution in [3.63, 3.8) is 0 Å². The molecule has 0 unspecified atom stereocenters. The summed E-state index contributed by atoms with van der Waals surface area (Å²) >= 11 is 0. The number of phenols is 1. The summed E-state index contributed by atoms with van der Waals surface area (Å²) in [6, 6.07) is 19.0. The van der Waals surface area contributed by atoms with Crippen molar-refractivity contribution >= 4 is 27.6 Å². The van der Waals surface area contributed by atoms with Gasteiger partial charge in [0.2, 0.25) is 0 Å². The van der Waals surface area contributed by atoms with E-state index in [4.69, 9.17) is 10.00 Å². The normalized spacial score (nSPS) is 10.7. The molecule has 3 aromatic carbocycles. The fourth-order valence-electron chi connectivity index (χ4n) is 3.19. The molecule has 4 aromatic rings. The first-order valence-corrected chi connectivity index (χ1v) is 8.83. The Labute approximate surface area is 165 Å². The average Bonchev–Trinajstić information content (AvgIpc) is 2.75. The number of phenolic OH excluding ortho intramolecular Hbond substituents is 1. The molecule has 0 saturated heterocycles. The number of fused-ring (bicyclic) bond motifs is 2. The van der Waals surface area contributed by atoms with Crippen molar-refractivity contribution < 1.29 is 14.6 Å². The third kappa shape index (κ3) is 3.28. The van der Waals surface area contributed by atoms with Crippen LogP contribution in [0, 0.1) is 11.3 Å². The number of aromatic nitrogens is 2. The van der Waals surface area contributed by atoms with Crippen LogP contribution < -0.4 is 5.56 Å². The van der Waals surface area contributed by atoms with Crippen molar-refractivity contribution in [2.45, 2.75) is 13.2 Å². The molecular weight excluding hydrogens is 370 g/mol. The van der Waals surface area contributed by atoms with Crippen LogP contribution in [0.1, 0.15) is 16.2 Å². The van der Waals surface area contributed by atoms with Gasteiger partial charge < -0.3 is 9.84 Å². The Morgan fingerprint density at radius 3 is 2.59 bits per heavy atom. The molecule has 7 nitrogen and oxygen atoms in total. The van der Waals surface area contributed by atoms with Crippen molar-refractivity contribution in [2.24, 2.45) is 0 Å². The summed E-state index contributed by atoms with van der Waals surface area (Å²) in [7, 11) is 0. The molecule has 1 aromatic heterocycles. The number of hydrogen-bond acceptors (Lipinski definition) is 6. The van der Waals surface area contributed by atoms with E-state index in [1.165, 1.54) is 10.6 Å². The Morgan fingerprint density at radius 2 is 1.79 bits per heavy atom. The van der Waals surface area contributed by atoms with Gasteiger partial charge in [-0.2, -0.15) is 5.26 Å². The van der Waals surface area contributed by atoms with Gasteiger partial charge in [-0.3, -0.25) is 9.36 Å². The Kier molecular flexibility index (Phi) is 4.67. The summed E-state index contributed by atoms with van der Waals surface area (Å²) in [5, 5.41) is 21.2. The van der Waals surface area contributed by atoms with E-state index < -0.39 is 5.97 Å². The molecule has 0 bridgehead atoms. The number of nitriles is 1. The smallest absolute Gasteiger partial charge is 0.342 e. The topological polar surface area (TPSA) is 105 Å². The first kappa shape index (κ1) is 18.2. The lowest BCUT2D eigenvalue weighted by Crippen LogP contribution is -2.26. The lowest BCUT2D eigenvalue weighted by Gasteiger charge is -2.12. The van der Waals surface area contributed by atoms with Crippen LogP contribution in [0.5, 0.6) is 5.75 Å². The van der Waals surface area contributed by atoms with Crippen LogP contribution in [0.2, 0.25) is 0 Å². The molecule has 0 aliphatic heterocycles. The third-order valence-corrected chi connectivity index (χ3v) is 4.62. The highest BCUT2D eigenvalue weighted by molar-refractivity contribution is 6.01. The SMILES string of the molecule is N#CCn1c(COC(=O)c2ccc3ccccc3c2O)nc2ccccc2c1=O. The largest absolute Gasteiger partial charge is 0.506 e. The first-order valence-electron chi connectivity index (χ1n) is 8.83. The predicted octanol–water partition coefficient (Wildman–Crippen LogP) is 3.14. The van der Waals surface area contributed by atoms with Crippen molar-refractivity contribution in [1.29, 1.82) is 5.26 Å². The zero-order chi connectivity index (χ0) is 20.4. The van der Waals surface area contributed by atoms with Crippen LogP contribution in [0.3, 0.4) is 0 Å². The maximum absolute atomic E-state index is 12.6. The first-order chi connectivity index (χ1) is 14.1. The highest BCUT2D eigenvalue weighted by Gasteiger charge is 2.17. The molecule has 0 radical (unpaired) electrons. The van der Waals surface area contributed by atoms with E-state index in [0.29, 0.717) is 16.3 Å². The molecule has 7 heteroatoms. The van der Waals surface area contributed by atoms with Crippen LogP contribution in [0.4, 0.5) is 0 Å². The highest BCUT2D eigenvalue weighted by atomic mass is 16.5. The van der Waals surface area contributed by atoms with Gasteiger partial charge in [-0.25, -0.2) is 9.78 Å². The second-order valence-corrected chi connectivity index (χ2v) is 6.35. The van der Waals surface area contributed by atoms with Gasteiger partial charge in [0, 0.05) is 5.39 Å². The van der Waals surface area contributed by atoms with Crippen molar-refractivity contribution in [1.82, 2.24) is 9.55 Å². The highest BCUT2D eigenvalue weighted by Crippen LogP contribution is 2.29. The lowest BCUT2D eigenvalue weighted by molar-refractivity contribution is 0.0454. The molecule has 0 aliphatic carbocycles. The predicted molar refractivity (Wildman–Crippen MR) is 106 cm³/mol. The van der Waals surface area contributed by atoms with E-state index in [-0.39, 0.29) is 35.8 Å². The fourth-order valence-corrected chi connectivity index (χ4v) is 3.19. The van der Waals surface area contributed by atoms with Crippen LogP contribution in [0.25, 0.3) is 21.7 Å². The standard InChI is InChI=1S/C22H15N3O4/c23-11-12-25-19(24-18-8-4-3-7-16(18)21(25)27)13-29-22(28)17-10-9-14-5-1-2-6-15(14)20(17)26/h1-10,26H,12-13H2. The number of nitrogens with zero attached hydrogens (tertiary/aromatic N) is 3. The van der Waals surface area contributed by atoms with Crippen LogP contribution in [-0.2, 0) is 17.9 Å². The van der Waals surface area contributed by atoms with E-state index in [1.807, 2.05) is 18.2 Å². The zero-order valence-corrected chi connectivity index (χ0v) is 15.2. The number of rotatable bonds is 4. The third-order valence-electron chi connectivity index (χ3n) is 4.62. The Bertz CT molecular complexity index is 1350. The number of ether oxygens (including phenoxy) is 1. The summed E-state index contributed by atoms with van der Waals surface area (Å²) in [5.74, 6) is -0.767. The van der Waals surface area contributed by atoms with Gasteiger partial charge in [0.25, 0.3) is 5.56 Å². The van der Waals surface area contributed by atoms with E-state index >= 15 is 0 Å². The van der Waals surface area contributed by atoms with Gasteiger partial charge in [0.1, 0.15) is 24.5 Å². The molecule has 4 rings (SSSR count). The van der Waals surface area contributed by atoms with E-state index in [0.717, 1.165) is 5.39 Å². The number of carbonyl (C=O) groups excluding carboxylic acids is 1. The van der Waals surface area contributed by atoms with Crippen molar-refractivity contribution in [3.05, 3.63) is 82.4 Å². The Balaban J connectivity index is 1.67. The molecule has 1 N–H and O–H groups in total. The van der Waals surface area contributed by atoms with Crippen LogP contribution in [-0.4, -0.2) is 20.6 Å². The number of para-hydroxylation sites is 1. The number of hydrogen-bond donors (Lipinski definition) is 1. The van der Waals surface area contributed by atoms with Crippen LogP contribution in [0.15, 0.2) is 65.5 Å². The molecule has 29 heavy (non-hydrogen) atoms. The summed E-state index contributed by atoms with van der Waals surface area (Å²) in [6.45, 7) is -0.530. The number of benzene rings is 3. The summed E-state index contributed by atoms with van der Waals surface area (Å²) in [5.41, 5.74) is 0.0849. The van der Waals surface area contributed by atoms with E-state index in [1.54, 1.807) is 42.5 Å². The molecule has 0 spiro atoms. The van der Waals surface area contributed by atoms with Gasteiger partial charge in [-0.1, -0.05) is 42.5 Å². The average molecular weight is 385 g/mol. The van der Waals surface area contributed by atoms with Crippen molar-refractivity contribution in [3.8, 4) is 11.8 Å². The Morgan fingerprint density at radius 1 is 1.07 bits per heavy atom. The molecule has 0 amide bonds. The van der Waals surface area contributed by atoms with Crippen molar-refractivity contribution in [2.75, 3.05) is 0 Å². The number of carbonyl (C=O) groups is 1. The lowest BCUT2D eigenvalue weighted by atomic mass is 10.1.